The molecule has 159 valence electrons. The summed E-state index contributed by atoms with van der Waals surface area (Å²) in [6, 6.07) is 0. The van der Waals surface area contributed by atoms with Crippen LogP contribution in [0.15, 0.2) is 0 Å². The number of aliphatic carboxylic acids is 1. The average Bonchev–Trinajstić information content (AvgIpc) is 2.68. The van der Waals surface area contributed by atoms with Crippen LogP contribution in [0.4, 0.5) is 0 Å². The molecule has 3 nitrogen and oxygen atoms in total. The molecule has 3 heteroatoms. The highest BCUT2D eigenvalue weighted by Gasteiger charge is 2.22. The summed E-state index contributed by atoms with van der Waals surface area (Å²) >= 11 is 0. The van der Waals surface area contributed by atoms with Crippen LogP contribution in [0.1, 0.15) is 135 Å². The van der Waals surface area contributed by atoms with Gasteiger partial charge in [0.15, 0.2) is 0 Å². The third-order valence-corrected chi connectivity index (χ3v) is 6.30. The van der Waals surface area contributed by atoms with Crippen LogP contribution >= 0.6 is 0 Å². The van der Waals surface area contributed by atoms with Gasteiger partial charge >= 0.3 is 5.97 Å². The minimum atomic E-state index is -0.663. The van der Waals surface area contributed by atoms with E-state index in [2.05, 4.69) is 0 Å². The van der Waals surface area contributed by atoms with Crippen molar-refractivity contribution in [2.45, 2.75) is 141 Å². The van der Waals surface area contributed by atoms with E-state index in [0.717, 1.165) is 25.7 Å². The monoisotopic (exact) mass is 381 g/mol. The van der Waals surface area contributed by atoms with Gasteiger partial charge in [-0.05, 0) is 31.6 Å². The lowest BCUT2D eigenvalue weighted by Gasteiger charge is -2.25. The maximum absolute atomic E-state index is 12.2. The Morgan fingerprint density at radius 3 is 1.52 bits per heavy atom. The standard InChI is InChI=1S/C24H45O3/c25-23(22-18-14-13-15-19-22)20-16-11-9-7-5-3-1-2-4-6-8-10-12-17-21-24(26)27/h22-23H,1-21H2,(H,26,27). The fourth-order valence-electron chi connectivity index (χ4n) is 4.48. The smallest absolute Gasteiger partial charge is 0.303 e. The Hall–Kier alpha value is -0.570. The zero-order valence-corrected chi connectivity index (χ0v) is 17.8. The maximum atomic E-state index is 12.2. The number of carbonyl (C=O) groups is 1. The first-order valence-corrected chi connectivity index (χ1v) is 12.1. The lowest BCUT2D eigenvalue weighted by Crippen LogP contribution is -2.21. The summed E-state index contributed by atoms with van der Waals surface area (Å²) in [6.45, 7) is 0. The summed E-state index contributed by atoms with van der Waals surface area (Å²) in [6.07, 6.45) is 24.8. The van der Waals surface area contributed by atoms with Gasteiger partial charge in [0.25, 0.3) is 0 Å². The molecule has 1 rings (SSSR count). The van der Waals surface area contributed by atoms with Crippen molar-refractivity contribution in [2.75, 3.05) is 0 Å². The zero-order chi connectivity index (χ0) is 19.6. The molecule has 1 unspecified atom stereocenters. The number of carboxylic acids is 1. The second-order valence-corrected chi connectivity index (χ2v) is 8.82. The van der Waals surface area contributed by atoms with Crippen molar-refractivity contribution < 1.29 is 15.0 Å². The molecule has 1 aliphatic carbocycles. The molecule has 1 aliphatic rings. The third kappa shape index (κ3) is 15.1. The van der Waals surface area contributed by atoms with Gasteiger partial charge in [-0.15, -0.1) is 0 Å². The van der Waals surface area contributed by atoms with Gasteiger partial charge in [0.05, 0.1) is 6.10 Å². The van der Waals surface area contributed by atoms with Crippen LogP contribution in [-0.4, -0.2) is 17.2 Å². The van der Waals surface area contributed by atoms with Crippen molar-refractivity contribution in [3.63, 3.8) is 0 Å². The molecule has 0 bridgehead atoms. The molecule has 0 aromatic carbocycles. The predicted molar refractivity (Wildman–Crippen MR) is 113 cm³/mol. The molecule has 1 fully saturated rings. The quantitative estimate of drug-likeness (QED) is 0.247. The molecule has 0 amide bonds. The fourth-order valence-corrected chi connectivity index (χ4v) is 4.48. The van der Waals surface area contributed by atoms with E-state index in [9.17, 15) is 9.90 Å². The van der Waals surface area contributed by atoms with Crippen molar-refractivity contribution in [1.82, 2.24) is 0 Å². The van der Waals surface area contributed by atoms with Crippen LogP contribution in [0.25, 0.3) is 0 Å². The van der Waals surface area contributed by atoms with Crippen molar-refractivity contribution in [1.29, 1.82) is 0 Å². The van der Waals surface area contributed by atoms with Crippen molar-refractivity contribution >= 4 is 5.97 Å². The minimum Gasteiger partial charge on any atom is -0.481 e. The van der Waals surface area contributed by atoms with Gasteiger partial charge in [-0.3, -0.25) is 4.79 Å². The van der Waals surface area contributed by atoms with Crippen LogP contribution in [0.3, 0.4) is 0 Å². The summed E-state index contributed by atoms with van der Waals surface area (Å²) in [5.74, 6) is -0.174. The highest BCUT2D eigenvalue weighted by atomic mass is 16.4. The Kier molecular flexibility index (Phi) is 15.9. The van der Waals surface area contributed by atoms with E-state index in [0.29, 0.717) is 12.3 Å². The van der Waals surface area contributed by atoms with Crippen LogP contribution in [0.2, 0.25) is 0 Å². The molecule has 0 spiro atoms. The van der Waals surface area contributed by atoms with Crippen LogP contribution in [-0.2, 0) is 9.90 Å². The number of unbranched alkanes of at least 4 members (excludes halogenated alkanes) is 13. The van der Waals surface area contributed by atoms with E-state index >= 15 is 0 Å². The number of hydrogen-bond donors (Lipinski definition) is 1. The molecule has 0 aromatic rings. The Bertz CT molecular complexity index is 337. The number of hydrogen-bond acceptors (Lipinski definition) is 1. The van der Waals surface area contributed by atoms with E-state index in [1.807, 2.05) is 0 Å². The van der Waals surface area contributed by atoms with E-state index in [-0.39, 0.29) is 6.10 Å². The van der Waals surface area contributed by atoms with Gasteiger partial charge in [-0.25, -0.2) is 5.11 Å². The first-order chi connectivity index (χ1) is 13.2. The lowest BCUT2D eigenvalue weighted by molar-refractivity contribution is -0.137. The molecule has 1 N–H and O–H groups in total. The molecule has 1 atom stereocenters. The summed E-state index contributed by atoms with van der Waals surface area (Å²) in [5, 5.41) is 20.8. The molecule has 0 aromatic heterocycles. The Morgan fingerprint density at radius 1 is 0.667 bits per heavy atom. The third-order valence-electron chi connectivity index (χ3n) is 6.30. The van der Waals surface area contributed by atoms with E-state index < -0.39 is 5.97 Å². The average molecular weight is 382 g/mol. The summed E-state index contributed by atoms with van der Waals surface area (Å²) < 4.78 is 0. The lowest BCUT2D eigenvalue weighted by atomic mass is 9.83. The van der Waals surface area contributed by atoms with Crippen molar-refractivity contribution in [3.8, 4) is 0 Å². The summed E-state index contributed by atoms with van der Waals surface area (Å²) in [7, 11) is 0. The molecule has 27 heavy (non-hydrogen) atoms. The first-order valence-electron chi connectivity index (χ1n) is 12.1. The molecule has 1 saturated carbocycles. The molecular formula is C24H45O3. The molecular weight excluding hydrogens is 336 g/mol. The second-order valence-electron chi connectivity index (χ2n) is 8.82. The Labute approximate surface area is 168 Å². The second kappa shape index (κ2) is 17.5. The molecule has 0 saturated heterocycles. The predicted octanol–water partition coefficient (Wildman–Crippen LogP) is 7.69. The molecule has 1 radical (unpaired) electrons. The zero-order valence-electron chi connectivity index (χ0n) is 17.8. The van der Waals surface area contributed by atoms with Crippen LogP contribution in [0.5, 0.6) is 0 Å². The van der Waals surface area contributed by atoms with Gasteiger partial charge in [0.1, 0.15) is 0 Å². The van der Waals surface area contributed by atoms with Crippen LogP contribution < -0.4 is 0 Å². The largest absolute Gasteiger partial charge is 0.481 e. The fraction of sp³-hybridized carbons (Fsp3) is 0.958. The van der Waals surface area contributed by atoms with Crippen LogP contribution in [0, 0.1) is 5.92 Å². The molecule has 0 aliphatic heterocycles. The van der Waals surface area contributed by atoms with Crippen molar-refractivity contribution in [3.05, 3.63) is 0 Å². The van der Waals surface area contributed by atoms with E-state index in [4.69, 9.17) is 5.11 Å². The number of carboxylic acid groups (broad SMARTS) is 1. The first kappa shape index (κ1) is 24.5. The van der Waals surface area contributed by atoms with E-state index in [1.54, 1.807) is 0 Å². The summed E-state index contributed by atoms with van der Waals surface area (Å²) in [5.41, 5.74) is 0. The van der Waals surface area contributed by atoms with Gasteiger partial charge in [0.2, 0.25) is 0 Å². The molecule has 0 heterocycles. The van der Waals surface area contributed by atoms with Crippen molar-refractivity contribution in [2.24, 2.45) is 5.92 Å². The van der Waals surface area contributed by atoms with Gasteiger partial charge in [-0.2, -0.15) is 0 Å². The summed E-state index contributed by atoms with van der Waals surface area (Å²) in [4.78, 5) is 10.4. The van der Waals surface area contributed by atoms with E-state index in [1.165, 1.54) is 103 Å². The minimum absolute atomic E-state index is 0.275. The maximum Gasteiger partial charge on any atom is 0.303 e. The number of rotatable bonds is 18. The normalized spacial score (nSPS) is 16.5. The SMILES string of the molecule is [O]C(CCCCCCCCCCCCCCCCC(=O)O)C1CCCCC1. The Balaban J connectivity index is 1.72. The topological polar surface area (TPSA) is 57.2 Å². The highest BCUT2D eigenvalue weighted by molar-refractivity contribution is 5.66. The van der Waals surface area contributed by atoms with Gasteiger partial charge in [0, 0.05) is 6.42 Å². The Morgan fingerprint density at radius 2 is 1.07 bits per heavy atom. The highest BCUT2D eigenvalue weighted by Crippen LogP contribution is 2.29. The van der Waals surface area contributed by atoms with Gasteiger partial charge < -0.3 is 5.11 Å². The van der Waals surface area contributed by atoms with Gasteiger partial charge in [-0.1, -0.05) is 103 Å².